The van der Waals surface area contributed by atoms with Crippen LogP contribution in [0.1, 0.15) is 12.8 Å². The summed E-state index contributed by atoms with van der Waals surface area (Å²) >= 11 is 0. The molecule has 0 saturated carbocycles. The molecule has 98 valence electrons. The fourth-order valence-corrected chi connectivity index (χ4v) is 2.47. The molecular formula is C14H21N3O. The van der Waals surface area contributed by atoms with Gasteiger partial charge >= 0.3 is 0 Å². The lowest BCUT2D eigenvalue weighted by atomic mass is 9.88. The lowest BCUT2D eigenvalue weighted by Crippen LogP contribution is -2.60. The number of rotatable bonds is 3. The van der Waals surface area contributed by atoms with E-state index < -0.39 is 5.54 Å². The number of nitrogens with one attached hydrogen (secondary N) is 2. The Morgan fingerprint density at radius 1 is 1.33 bits per heavy atom. The summed E-state index contributed by atoms with van der Waals surface area (Å²) in [5.74, 6) is 0.138. The first kappa shape index (κ1) is 12.9. The number of carbonyl (C=O) groups is 1. The minimum atomic E-state index is -0.511. The molecule has 2 rings (SSSR count). The van der Waals surface area contributed by atoms with Crippen LogP contribution in [-0.2, 0) is 4.79 Å². The maximum atomic E-state index is 12.4. The smallest absolute Gasteiger partial charge is 0.249 e. The van der Waals surface area contributed by atoms with Crippen LogP contribution in [0.3, 0.4) is 0 Å². The number of amides is 1. The Kier molecular flexibility index (Phi) is 3.87. The van der Waals surface area contributed by atoms with Gasteiger partial charge in [-0.3, -0.25) is 4.79 Å². The fraction of sp³-hybridized carbons (Fsp3) is 0.500. The molecule has 1 amide bonds. The van der Waals surface area contributed by atoms with E-state index in [4.69, 9.17) is 0 Å². The van der Waals surface area contributed by atoms with Gasteiger partial charge in [0.05, 0.1) is 0 Å². The summed E-state index contributed by atoms with van der Waals surface area (Å²) in [5.41, 5.74) is 0.486. The molecule has 1 aromatic carbocycles. The van der Waals surface area contributed by atoms with Gasteiger partial charge in [0.1, 0.15) is 5.54 Å². The lowest BCUT2D eigenvalue weighted by Gasteiger charge is -2.39. The molecule has 1 atom stereocenters. The van der Waals surface area contributed by atoms with Gasteiger partial charge in [0.15, 0.2) is 0 Å². The van der Waals surface area contributed by atoms with Gasteiger partial charge in [-0.2, -0.15) is 0 Å². The molecule has 4 heteroatoms. The predicted molar refractivity (Wildman–Crippen MR) is 73.6 cm³/mol. The van der Waals surface area contributed by atoms with E-state index in [0.717, 1.165) is 25.1 Å². The highest BCUT2D eigenvalue weighted by atomic mass is 16.2. The molecule has 4 nitrogen and oxygen atoms in total. The topological polar surface area (TPSA) is 44.4 Å². The summed E-state index contributed by atoms with van der Waals surface area (Å²) < 4.78 is 0. The molecule has 0 bridgehead atoms. The van der Waals surface area contributed by atoms with Crippen LogP contribution < -0.4 is 10.6 Å². The zero-order valence-electron chi connectivity index (χ0n) is 11.1. The van der Waals surface area contributed by atoms with Crippen molar-refractivity contribution in [3.05, 3.63) is 30.3 Å². The molecular weight excluding hydrogens is 226 g/mol. The predicted octanol–water partition coefficient (Wildman–Crippen LogP) is 1.31. The molecule has 0 aromatic heterocycles. The van der Waals surface area contributed by atoms with Crippen molar-refractivity contribution in [1.29, 1.82) is 0 Å². The van der Waals surface area contributed by atoms with Crippen molar-refractivity contribution in [2.24, 2.45) is 0 Å². The van der Waals surface area contributed by atoms with Gasteiger partial charge in [0.25, 0.3) is 0 Å². The van der Waals surface area contributed by atoms with Crippen LogP contribution in [0.15, 0.2) is 30.3 Å². The van der Waals surface area contributed by atoms with Crippen molar-refractivity contribution in [2.45, 2.75) is 18.4 Å². The first-order chi connectivity index (χ1) is 8.64. The Morgan fingerprint density at radius 3 is 2.61 bits per heavy atom. The van der Waals surface area contributed by atoms with Gasteiger partial charge in [-0.05, 0) is 31.5 Å². The molecule has 1 unspecified atom stereocenters. The highest BCUT2D eigenvalue weighted by Gasteiger charge is 2.40. The number of likely N-dealkylation sites (N-methyl/N-ethyl adjacent to an activating group) is 1. The number of piperidine rings is 1. The van der Waals surface area contributed by atoms with E-state index in [2.05, 4.69) is 10.6 Å². The molecule has 1 saturated heterocycles. The van der Waals surface area contributed by atoms with Crippen LogP contribution in [0.2, 0.25) is 0 Å². The molecule has 0 spiro atoms. The van der Waals surface area contributed by atoms with Crippen molar-refractivity contribution in [2.75, 3.05) is 32.5 Å². The minimum absolute atomic E-state index is 0.138. The highest BCUT2D eigenvalue weighted by molar-refractivity contribution is 5.89. The maximum Gasteiger partial charge on any atom is 0.249 e. The van der Waals surface area contributed by atoms with Crippen molar-refractivity contribution in [1.82, 2.24) is 10.2 Å². The zero-order valence-corrected chi connectivity index (χ0v) is 11.1. The van der Waals surface area contributed by atoms with Gasteiger partial charge < -0.3 is 15.5 Å². The number of para-hydroxylation sites is 1. The second-order valence-corrected chi connectivity index (χ2v) is 5.05. The van der Waals surface area contributed by atoms with Gasteiger partial charge in [-0.15, -0.1) is 0 Å². The van der Waals surface area contributed by atoms with Crippen molar-refractivity contribution >= 4 is 11.6 Å². The number of hydrogen-bond donors (Lipinski definition) is 2. The van der Waals surface area contributed by atoms with Gasteiger partial charge in [-0.25, -0.2) is 0 Å². The molecule has 0 aliphatic carbocycles. The van der Waals surface area contributed by atoms with Gasteiger partial charge in [-0.1, -0.05) is 18.2 Å². The number of benzene rings is 1. The number of hydrogen-bond acceptors (Lipinski definition) is 3. The van der Waals surface area contributed by atoms with Gasteiger partial charge in [0, 0.05) is 26.3 Å². The summed E-state index contributed by atoms with van der Waals surface area (Å²) in [4.78, 5) is 14.1. The minimum Gasteiger partial charge on any atom is -0.370 e. The molecule has 1 heterocycles. The van der Waals surface area contributed by atoms with E-state index in [1.807, 2.05) is 44.4 Å². The highest BCUT2D eigenvalue weighted by Crippen LogP contribution is 2.24. The van der Waals surface area contributed by atoms with Crippen LogP contribution in [0, 0.1) is 0 Å². The third-order valence-electron chi connectivity index (χ3n) is 3.36. The van der Waals surface area contributed by atoms with Crippen LogP contribution in [0.25, 0.3) is 0 Å². The summed E-state index contributed by atoms with van der Waals surface area (Å²) in [5, 5.41) is 6.74. The second-order valence-electron chi connectivity index (χ2n) is 5.05. The molecule has 1 aliphatic rings. The summed E-state index contributed by atoms with van der Waals surface area (Å²) in [7, 11) is 3.62. The molecule has 1 aromatic rings. The largest absolute Gasteiger partial charge is 0.370 e. The summed E-state index contributed by atoms with van der Waals surface area (Å²) in [6, 6.07) is 9.93. The van der Waals surface area contributed by atoms with Crippen LogP contribution in [0.4, 0.5) is 5.69 Å². The standard InChI is InChI=1S/C14H21N3O/c1-17(2)13(18)14(9-6-10-15-11-14)16-12-7-4-3-5-8-12/h3-5,7-8,15-16H,6,9-11H2,1-2H3. The SMILES string of the molecule is CN(C)C(=O)C1(Nc2ccccc2)CCCNC1. The van der Waals surface area contributed by atoms with Gasteiger partial charge in [0.2, 0.25) is 5.91 Å². The molecule has 18 heavy (non-hydrogen) atoms. The Hall–Kier alpha value is -1.55. The average Bonchev–Trinajstić information content (AvgIpc) is 2.40. The van der Waals surface area contributed by atoms with Crippen LogP contribution in [-0.4, -0.2) is 43.5 Å². The quantitative estimate of drug-likeness (QED) is 0.846. The second kappa shape index (κ2) is 5.40. The van der Waals surface area contributed by atoms with Crippen LogP contribution >= 0.6 is 0 Å². The first-order valence-corrected chi connectivity index (χ1v) is 6.40. The number of carbonyl (C=O) groups excluding carboxylic acids is 1. The van der Waals surface area contributed by atoms with E-state index in [0.29, 0.717) is 6.54 Å². The van der Waals surface area contributed by atoms with E-state index in [9.17, 15) is 4.79 Å². The van der Waals surface area contributed by atoms with Crippen LogP contribution in [0.5, 0.6) is 0 Å². The average molecular weight is 247 g/mol. The fourth-order valence-electron chi connectivity index (χ4n) is 2.47. The lowest BCUT2D eigenvalue weighted by molar-refractivity contribution is -0.134. The Balaban J connectivity index is 2.22. The Bertz CT molecular complexity index is 397. The molecule has 1 fully saturated rings. The third-order valence-corrected chi connectivity index (χ3v) is 3.36. The maximum absolute atomic E-state index is 12.4. The number of anilines is 1. The zero-order chi connectivity index (χ0) is 13.0. The summed E-state index contributed by atoms with van der Waals surface area (Å²) in [6.45, 7) is 1.66. The molecule has 0 radical (unpaired) electrons. The van der Waals surface area contributed by atoms with E-state index in [-0.39, 0.29) is 5.91 Å². The monoisotopic (exact) mass is 247 g/mol. The van der Waals surface area contributed by atoms with Crippen molar-refractivity contribution in [3.63, 3.8) is 0 Å². The van der Waals surface area contributed by atoms with E-state index in [1.165, 1.54) is 0 Å². The molecule has 2 N–H and O–H groups in total. The first-order valence-electron chi connectivity index (χ1n) is 6.40. The Labute approximate surface area is 108 Å². The van der Waals surface area contributed by atoms with E-state index in [1.54, 1.807) is 4.90 Å². The van der Waals surface area contributed by atoms with Crippen molar-refractivity contribution < 1.29 is 4.79 Å². The normalized spacial score (nSPS) is 23.4. The summed E-state index contributed by atoms with van der Waals surface area (Å²) in [6.07, 6.45) is 1.88. The molecule has 1 aliphatic heterocycles. The van der Waals surface area contributed by atoms with Crippen molar-refractivity contribution in [3.8, 4) is 0 Å². The third kappa shape index (κ3) is 2.64. The Morgan fingerprint density at radius 2 is 2.06 bits per heavy atom. The number of nitrogens with zero attached hydrogens (tertiary/aromatic N) is 1. The van der Waals surface area contributed by atoms with E-state index >= 15 is 0 Å².